The van der Waals surface area contributed by atoms with Crippen LogP contribution in [0.25, 0.3) is 0 Å². The molecule has 2 aromatic rings. The van der Waals surface area contributed by atoms with Crippen LogP contribution in [0, 0.1) is 0 Å². The van der Waals surface area contributed by atoms with Crippen LogP contribution in [0.3, 0.4) is 0 Å². The van der Waals surface area contributed by atoms with Crippen LogP contribution >= 0.6 is 0 Å². The van der Waals surface area contributed by atoms with Gasteiger partial charge in [-0.2, -0.15) is 0 Å². The van der Waals surface area contributed by atoms with Gasteiger partial charge in [-0.25, -0.2) is 4.98 Å². The quantitative estimate of drug-likeness (QED) is 0.865. The SMILES string of the molecule is COc1cc(NCCc2nccn2C)cc(OC)c1. The van der Waals surface area contributed by atoms with Gasteiger partial charge in [-0.05, 0) is 0 Å². The molecule has 1 aromatic heterocycles. The highest BCUT2D eigenvalue weighted by Crippen LogP contribution is 2.25. The van der Waals surface area contributed by atoms with E-state index in [0.29, 0.717) is 0 Å². The number of nitrogens with one attached hydrogen (secondary N) is 1. The van der Waals surface area contributed by atoms with Gasteiger partial charge in [-0.15, -0.1) is 0 Å². The number of aryl methyl sites for hydroxylation is 1. The maximum atomic E-state index is 5.23. The molecule has 5 nitrogen and oxygen atoms in total. The first-order valence-corrected chi connectivity index (χ1v) is 6.16. The summed E-state index contributed by atoms with van der Waals surface area (Å²) in [6, 6.07) is 5.74. The van der Waals surface area contributed by atoms with Crippen molar-refractivity contribution < 1.29 is 9.47 Å². The third kappa shape index (κ3) is 3.40. The molecule has 2 rings (SSSR count). The first-order chi connectivity index (χ1) is 9.22. The number of aromatic nitrogens is 2. The molecule has 0 saturated carbocycles. The zero-order chi connectivity index (χ0) is 13.7. The van der Waals surface area contributed by atoms with E-state index in [1.807, 2.05) is 42.2 Å². The van der Waals surface area contributed by atoms with Gasteiger partial charge in [0.15, 0.2) is 0 Å². The number of anilines is 1. The smallest absolute Gasteiger partial charge is 0.124 e. The number of rotatable bonds is 6. The summed E-state index contributed by atoms with van der Waals surface area (Å²) < 4.78 is 12.5. The van der Waals surface area contributed by atoms with Gasteiger partial charge in [-0.3, -0.25) is 0 Å². The summed E-state index contributed by atoms with van der Waals surface area (Å²) in [5, 5.41) is 3.35. The zero-order valence-corrected chi connectivity index (χ0v) is 11.5. The molecular weight excluding hydrogens is 242 g/mol. The van der Waals surface area contributed by atoms with Crippen molar-refractivity contribution in [2.75, 3.05) is 26.1 Å². The van der Waals surface area contributed by atoms with Gasteiger partial charge in [0.05, 0.1) is 14.2 Å². The average Bonchev–Trinajstić information content (AvgIpc) is 2.84. The molecule has 0 radical (unpaired) electrons. The topological polar surface area (TPSA) is 48.3 Å². The first kappa shape index (κ1) is 13.3. The highest BCUT2D eigenvalue weighted by Gasteiger charge is 2.03. The first-order valence-electron chi connectivity index (χ1n) is 6.16. The largest absolute Gasteiger partial charge is 0.497 e. The lowest BCUT2D eigenvalue weighted by atomic mass is 10.2. The number of methoxy groups -OCH3 is 2. The lowest BCUT2D eigenvalue weighted by Gasteiger charge is -2.10. The van der Waals surface area contributed by atoms with Crippen molar-refractivity contribution in [3.63, 3.8) is 0 Å². The van der Waals surface area contributed by atoms with Crippen LogP contribution in [0.15, 0.2) is 30.6 Å². The summed E-state index contributed by atoms with van der Waals surface area (Å²) in [6.07, 6.45) is 4.62. The van der Waals surface area contributed by atoms with E-state index in [-0.39, 0.29) is 0 Å². The van der Waals surface area contributed by atoms with Gasteiger partial charge in [-0.1, -0.05) is 0 Å². The monoisotopic (exact) mass is 261 g/mol. The van der Waals surface area contributed by atoms with Gasteiger partial charge in [0.2, 0.25) is 0 Å². The summed E-state index contributed by atoms with van der Waals surface area (Å²) in [4.78, 5) is 4.29. The van der Waals surface area contributed by atoms with E-state index in [1.165, 1.54) is 0 Å². The molecule has 0 atom stereocenters. The molecule has 1 aromatic carbocycles. The molecule has 0 unspecified atom stereocenters. The van der Waals surface area contributed by atoms with Crippen molar-refractivity contribution in [2.45, 2.75) is 6.42 Å². The summed E-state index contributed by atoms with van der Waals surface area (Å²) in [5.74, 6) is 2.61. The minimum Gasteiger partial charge on any atom is -0.497 e. The van der Waals surface area contributed by atoms with Crippen LogP contribution in [-0.2, 0) is 13.5 Å². The van der Waals surface area contributed by atoms with E-state index in [0.717, 1.165) is 36.0 Å². The van der Waals surface area contributed by atoms with E-state index >= 15 is 0 Å². The third-order valence-corrected chi connectivity index (χ3v) is 2.95. The van der Waals surface area contributed by atoms with Crippen LogP contribution < -0.4 is 14.8 Å². The number of ether oxygens (including phenoxy) is 2. The Morgan fingerprint density at radius 3 is 2.37 bits per heavy atom. The van der Waals surface area contributed by atoms with Gasteiger partial charge < -0.3 is 19.4 Å². The summed E-state index contributed by atoms with van der Waals surface area (Å²) >= 11 is 0. The van der Waals surface area contributed by atoms with E-state index in [1.54, 1.807) is 14.2 Å². The molecule has 0 aliphatic carbocycles. The van der Waals surface area contributed by atoms with Crippen molar-refractivity contribution in [1.82, 2.24) is 9.55 Å². The van der Waals surface area contributed by atoms with E-state index in [9.17, 15) is 0 Å². The highest BCUT2D eigenvalue weighted by molar-refractivity contribution is 5.53. The molecule has 0 spiro atoms. The lowest BCUT2D eigenvalue weighted by molar-refractivity contribution is 0.394. The minimum absolute atomic E-state index is 0.777. The van der Waals surface area contributed by atoms with E-state index in [2.05, 4.69) is 10.3 Å². The number of hydrogen-bond acceptors (Lipinski definition) is 4. The van der Waals surface area contributed by atoms with Crippen LogP contribution in [-0.4, -0.2) is 30.3 Å². The highest BCUT2D eigenvalue weighted by atomic mass is 16.5. The Hall–Kier alpha value is -2.17. The molecule has 0 fully saturated rings. The summed E-state index contributed by atoms with van der Waals surface area (Å²) in [7, 11) is 5.29. The fourth-order valence-corrected chi connectivity index (χ4v) is 1.87. The maximum Gasteiger partial charge on any atom is 0.124 e. The molecule has 19 heavy (non-hydrogen) atoms. The predicted molar refractivity (Wildman–Crippen MR) is 74.9 cm³/mol. The maximum absolute atomic E-state index is 5.23. The van der Waals surface area contributed by atoms with E-state index in [4.69, 9.17) is 9.47 Å². The fraction of sp³-hybridized carbons (Fsp3) is 0.357. The number of imidazole rings is 1. The van der Waals surface area contributed by atoms with Crippen LogP contribution in [0.4, 0.5) is 5.69 Å². The van der Waals surface area contributed by atoms with Crippen LogP contribution in [0.2, 0.25) is 0 Å². The Morgan fingerprint density at radius 2 is 1.84 bits per heavy atom. The van der Waals surface area contributed by atoms with Gasteiger partial charge in [0, 0.05) is 56.3 Å². The Bertz CT molecular complexity index is 515. The van der Waals surface area contributed by atoms with Gasteiger partial charge in [0.25, 0.3) is 0 Å². The molecule has 0 aliphatic heterocycles. The van der Waals surface area contributed by atoms with Crippen molar-refractivity contribution in [3.8, 4) is 11.5 Å². The van der Waals surface area contributed by atoms with Crippen molar-refractivity contribution in [3.05, 3.63) is 36.4 Å². The normalized spacial score (nSPS) is 10.3. The van der Waals surface area contributed by atoms with Crippen molar-refractivity contribution in [1.29, 1.82) is 0 Å². The molecule has 1 N–H and O–H groups in total. The zero-order valence-electron chi connectivity index (χ0n) is 11.5. The second-order valence-corrected chi connectivity index (χ2v) is 4.23. The van der Waals surface area contributed by atoms with E-state index < -0.39 is 0 Å². The molecule has 0 bridgehead atoms. The van der Waals surface area contributed by atoms with Crippen molar-refractivity contribution >= 4 is 5.69 Å². The molecule has 102 valence electrons. The Kier molecular flexibility index (Phi) is 4.28. The summed E-state index contributed by atoms with van der Waals surface area (Å²) in [6.45, 7) is 0.807. The third-order valence-electron chi connectivity index (χ3n) is 2.95. The Morgan fingerprint density at radius 1 is 1.16 bits per heavy atom. The van der Waals surface area contributed by atoms with Crippen LogP contribution in [0.5, 0.6) is 11.5 Å². The molecule has 0 saturated heterocycles. The second kappa shape index (κ2) is 6.13. The average molecular weight is 261 g/mol. The molecule has 0 amide bonds. The molecular formula is C14H19N3O2. The summed E-state index contributed by atoms with van der Waals surface area (Å²) in [5.41, 5.74) is 0.977. The Balaban J connectivity index is 1.97. The van der Waals surface area contributed by atoms with Gasteiger partial charge in [0.1, 0.15) is 17.3 Å². The van der Waals surface area contributed by atoms with Crippen molar-refractivity contribution in [2.24, 2.45) is 7.05 Å². The number of nitrogens with zero attached hydrogens (tertiary/aromatic N) is 2. The van der Waals surface area contributed by atoms with Gasteiger partial charge >= 0.3 is 0 Å². The molecule has 1 heterocycles. The predicted octanol–water partition coefficient (Wildman–Crippen LogP) is 2.09. The lowest BCUT2D eigenvalue weighted by Crippen LogP contribution is -2.08. The Labute approximate surface area is 113 Å². The molecule has 5 heteroatoms. The number of hydrogen-bond donors (Lipinski definition) is 1. The number of benzene rings is 1. The van der Waals surface area contributed by atoms with Crippen LogP contribution in [0.1, 0.15) is 5.82 Å². The fourth-order valence-electron chi connectivity index (χ4n) is 1.87. The minimum atomic E-state index is 0.777. The standard InChI is InChI=1S/C14H19N3O2/c1-17-7-6-16-14(17)4-5-15-11-8-12(18-2)10-13(9-11)19-3/h6-10,15H,4-5H2,1-3H3. The molecule has 0 aliphatic rings. The second-order valence-electron chi connectivity index (χ2n) is 4.23.